The molecule has 0 aromatic carbocycles. The Bertz CT molecular complexity index is 874. The van der Waals surface area contributed by atoms with E-state index in [1.807, 2.05) is 0 Å². The Labute approximate surface area is 165 Å². The first kappa shape index (κ1) is 17.1. The average Bonchev–Trinajstić information content (AvgIpc) is 3.38. The summed E-state index contributed by atoms with van der Waals surface area (Å²) in [6.07, 6.45) is 7.84. The zero-order valence-corrected chi connectivity index (χ0v) is 16.9. The molecule has 0 aliphatic carbocycles. The van der Waals surface area contributed by atoms with Crippen molar-refractivity contribution in [3.63, 3.8) is 0 Å². The number of carbonyl (C=O) groups is 1. The highest BCUT2D eigenvalue weighted by Crippen LogP contribution is 2.73. The van der Waals surface area contributed by atoms with Crippen molar-refractivity contribution in [2.75, 3.05) is 13.7 Å². The van der Waals surface area contributed by atoms with Crippen LogP contribution in [-0.2, 0) is 23.7 Å². The normalized spacial score (nSPS) is 52.8. The summed E-state index contributed by atoms with van der Waals surface area (Å²) in [5.41, 5.74) is 0.563. The zero-order valence-electron chi connectivity index (χ0n) is 16.9. The van der Waals surface area contributed by atoms with E-state index in [0.717, 1.165) is 31.6 Å². The van der Waals surface area contributed by atoms with Crippen LogP contribution in [0.3, 0.4) is 0 Å². The number of hydrogen-bond donors (Lipinski definition) is 0. The van der Waals surface area contributed by atoms with Crippen molar-refractivity contribution in [2.24, 2.45) is 17.8 Å². The van der Waals surface area contributed by atoms with E-state index in [9.17, 15) is 4.79 Å². The summed E-state index contributed by atoms with van der Waals surface area (Å²) in [5, 5.41) is 0. The minimum Gasteiger partial charge on any atom is -0.492 e. The maximum atomic E-state index is 12.2. The lowest BCUT2D eigenvalue weighted by atomic mass is 9.70. The number of nitrogens with zero attached hydrogens (tertiary/aromatic N) is 1. The molecule has 6 aliphatic heterocycles. The van der Waals surface area contributed by atoms with Crippen molar-refractivity contribution >= 4 is 5.97 Å². The fraction of sp³-hybridized carbons (Fsp3) is 0.682. The number of carbonyl (C=O) groups excluding carboxylic acids is 1. The molecule has 5 fully saturated rings. The Hall–Kier alpha value is -1.79. The Balaban J connectivity index is 1.48. The van der Waals surface area contributed by atoms with Crippen LogP contribution in [0.4, 0.5) is 0 Å². The van der Waals surface area contributed by atoms with Crippen LogP contribution in [0.2, 0.25) is 0 Å². The van der Waals surface area contributed by atoms with Gasteiger partial charge in [-0.25, -0.2) is 4.79 Å². The number of allylic oxidation sites excluding steroid dienone is 2. The molecule has 6 nitrogen and oxygen atoms in total. The van der Waals surface area contributed by atoms with Gasteiger partial charge in [0.25, 0.3) is 0 Å². The first-order chi connectivity index (χ1) is 13.5. The Morgan fingerprint density at radius 1 is 1.39 bits per heavy atom. The van der Waals surface area contributed by atoms with E-state index < -0.39 is 5.79 Å². The van der Waals surface area contributed by atoms with Crippen LogP contribution in [0.25, 0.3) is 0 Å². The number of esters is 1. The lowest BCUT2D eigenvalue weighted by molar-refractivity contribution is -0.255. The molecule has 0 amide bonds. The maximum absolute atomic E-state index is 12.2. The third-order valence-corrected chi connectivity index (χ3v) is 8.28. The van der Waals surface area contributed by atoms with Crippen LogP contribution in [0, 0.1) is 17.8 Å². The number of fused-ring (bicyclic) bond motifs is 1. The molecule has 0 aromatic rings. The van der Waals surface area contributed by atoms with Crippen LogP contribution in [-0.4, -0.2) is 48.0 Å². The minimum absolute atomic E-state index is 0.0652. The van der Waals surface area contributed by atoms with Crippen molar-refractivity contribution in [2.45, 2.75) is 63.5 Å². The highest BCUT2D eigenvalue weighted by atomic mass is 16.7. The van der Waals surface area contributed by atoms with Crippen molar-refractivity contribution < 1.29 is 23.7 Å². The van der Waals surface area contributed by atoms with Gasteiger partial charge in [-0.1, -0.05) is 19.1 Å². The monoisotopic (exact) mass is 385 g/mol. The predicted octanol–water partition coefficient (Wildman–Crippen LogP) is 2.87. The molecule has 5 bridgehead atoms. The third-order valence-electron chi connectivity index (χ3n) is 8.28. The second-order valence-electron chi connectivity index (χ2n) is 9.09. The summed E-state index contributed by atoms with van der Waals surface area (Å²) >= 11 is 0. The molecule has 6 heterocycles. The van der Waals surface area contributed by atoms with Crippen molar-refractivity contribution in [1.29, 1.82) is 0 Å². The number of piperidine rings is 1. The molecule has 1 unspecified atom stereocenters. The Kier molecular flexibility index (Phi) is 3.19. The molecule has 28 heavy (non-hydrogen) atoms. The van der Waals surface area contributed by atoms with Crippen LogP contribution in [0.5, 0.6) is 0 Å². The topological polar surface area (TPSA) is 57.2 Å². The number of rotatable bonds is 3. The zero-order chi connectivity index (χ0) is 19.4. The SMILES string of the molecule is C/C=C/C[C@@]12[C@@H]3C[C@H]4[C@H]5[C@H](C)/C(=C6/OC(=O)C(C)=C6OC)O[C@]5(O3)[C@@H]1CCN42. The van der Waals surface area contributed by atoms with Gasteiger partial charge in [0.1, 0.15) is 5.76 Å². The van der Waals surface area contributed by atoms with E-state index in [2.05, 4.69) is 30.9 Å². The van der Waals surface area contributed by atoms with Crippen LogP contribution < -0.4 is 0 Å². The molecule has 8 atom stereocenters. The second-order valence-corrected chi connectivity index (χ2v) is 9.09. The van der Waals surface area contributed by atoms with Gasteiger partial charge in [-0.2, -0.15) is 0 Å². The van der Waals surface area contributed by atoms with E-state index in [1.54, 1.807) is 14.0 Å². The lowest BCUT2D eigenvalue weighted by Crippen LogP contribution is -2.61. The molecular weight excluding hydrogens is 358 g/mol. The molecule has 150 valence electrons. The van der Waals surface area contributed by atoms with Gasteiger partial charge in [-0.15, -0.1) is 0 Å². The lowest BCUT2D eigenvalue weighted by Gasteiger charge is -2.48. The molecule has 5 saturated heterocycles. The molecule has 0 radical (unpaired) electrons. The quantitative estimate of drug-likeness (QED) is 0.550. The van der Waals surface area contributed by atoms with Crippen molar-refractivity contribution in [3.05, 3.63) is 35.0 Å². The number of cyclic esters (lactones) is 1. The van der Waals surface area contributed by atoms with Crippen LogP contribution >= 0.6 is 0 Å². The first-order valence-corrected chi connectivity index (χ1v) is 10.5. The molecular formula is C22H27NO5. The Morgan fingerprint density at radius 2 is 2.21 bits per heavy atom. The van der Waals surface area contributed by atoms with Gasteiger partial charge in [0.05, 0.1) is 30.2 Å². The summed E-state index contributed by atoms with van der Waals surface area (Å²) in [6.45, 7) is 7.13. The van der Waals surface area contributed by atoms with Gasteiger partial charge < -0.3 is 18.9 Å². The summed E-state index contributed by atoms with van der Waals surface area (Å²) in [7, 11) is 1.57. The summed E-state index contributed by atoms with van der Waals surface area (Å²) in [4.78, 5) is 14.9. The van der Waals surface area contributed by atoms with E-state index in [-0.39, 0.29) is 29.4 Å². The van der Waals surface area contributed by atoms with Crippen molar-refractivity contribution in [3.8, 4) is 0 Å². The predicted molar refractivity (Wildman–Crippen MR) is 99.6 cm³/mol. The molecule has 1 spiro atoms. The minimum atomic E-state index is -0.592. The van der Waals surface area contributed by atoms with Gasteiger partial charge in [0.15, 0.2) is 5.76 Å². The summed E-state index contributed by atoms with van der Waals surface area (Å²) < 4.78 is 24.6. The third kappa shape index (κ3) is 1.60. The van der Waals surface area contributed by atoms with Gasteiger partial charge in [-0.3, -0.25) is 4.90 Å². The summed E-state index contributed by atoms with van der Waals surface area (Å²) in [5.74, 6) is 1.46. The number of hydrogen-bond acceptors (Lipinski definition) is 6. The standard InChI is InChI=1S/C22H27NO5/c1-5-6-8-21-14-7-9-23(21)13-10-15(21)27-22(14)16(13)11(2)18(28-22)19-17(25-4)12(3)20(24)26-19/h5-6,11,13-16H,7-10H2,1-4H3/b6-5+,19-18-/t11-,13-,14+,15-,16+,21-,22+/m0/s1. The van der Waals surface area contributed by atoms with Gasteiger partial charge >= 0.3 is 5.97 Å². The van der Waals surface area contributed by atoms with Gasteiger partial charge in [0.2, 0.25) is 11.5 Å². The van der Waals surface area contributed by atoms with Gasteiger partial charge in [-0.05, 0) is 39.7 Å². The van der Waals surface area contributed by atoms with Crippen molar-refractivity contribution in [1.82, 2.24) is 4.90 Å². The number of methoxy groups -OCH3 is 1. The molecule has 0 aromatic heterocycles. The maximum Gasteiger partial charge on any atom is 0.343 e. The Morgan fingerprint density at radius 3 is 2.96 bits per heavy atom. The van der Waals surface area contributed by atoms with Crippen LogP contribution in [0.1, 0.15) is 40.0 Å². The number of ether oxygens (including phenoxy) is 4. The van der Waals surface area contributed by atoms with E-state index in [4.69, 9.17) is 18.9 Å². The highest BCUT2D eigenvalue weighted by Gasteiger charge is 2.84. The van der Waals surface area contributed by atoms with Crippen LogP contribution in [0.15, 0.2) is 35.0 Å². The first-order valence-electron chi connectivity index (χ1n) is 10.5. The van der Waals surface area contributed by atoms with E-state index in [0.29, 0.717) is 29.1 Å². The smallest absolute Gasteiger partial charge is 0.343 e. The summed E-state index contributed by atoms with van der Waals surface area (Å²) in [6, 6.07) is 0.462. The molecule has 6 rings (SSSR count). The van der Waals surface area contributed by atoms with E-state index >= 15 is 0 Å². The fourth-order valence-corrected chi connectivity index (χ4v) is 7.39. The molecule has 0 saturated carbocycles. The molecule has 6 aliphatic rings. The average molecular weight is 385 g/mol. The van der Waals surface area contributed by atoms with Gasteiger partial charge in [0, 0.05) is 17.9 Å². The molecule has 0 N–H and O–H groups in total. The second kappa shape index (κ2) is 5.22. The highest BCUT2D eigenvalue weighted by molar-refractivity contribution is 5.93. The largest absolute Gasteiger partial charge is 0.492 e. The molecule has 6 heteroatoms. The van der Waals surface area contributed by atoms with E-state index in [1.165, 1.54) is 0 Å². The fourth-order valence-electron chi connectivity index (χ4n) is 7.39.